The minimum absolute atomic E-state index is 0.0253. The number of ketones is 1. The Bertz CT molecular complexity index is 1630. The quantitative estimate of drug-likeness (QED) is 0.0450. The van der Waals surface area contributed by atoms with E-state index < -0.39 is 12.1 Å². The number of nitrogens with one attached hydrogen (secondary N) is 1. The lowest BCUT2D eigenvalue weighted by Gasteiger charge is -2.25. The van der Waals surface area contributed by atoms with Gasteiger partial charge in [-0.3, -0.25) is 9.79 Å². The maximum atomic E-state index is 13.2. The minimum Gasteiger partial charge on any atom is -0.875 e. The third-order valence-electron chi connectivity index (χ3n) is 8.64. The molecule has 1 heterocycles. The van der Waals surface area contributed by atoms with Crippen molar-refractivity contribution in [1.29, 1.82) is 0 Å². The number of aryl methyl sites for hydroxylation is 1. The third kappa shape index (κ3) is 11.7. The topological polar surface area (TPSA) is 166 Å². The summed E-state index contributed by atoms with van der Waals surface area (Å²) in [6, 6.07) is 17.9. The van der Waals surface area contributed by atoms with Crippen molar-refractivity contribution in [3.05, 3.63) is 124 Å². The zero-order chi connectivity index (χ0) is 35.0. The SMILES string of the molecule is CNCCCCCCC=CC(=O)CCc1ccc(O)c(OCCc2ccc(O)c(C(CC([O-])=C3C=CN=C3)c3ccc(C(N)N)cc3)c2)c1. The van der Waals surface area contributed by atoms with E-state index in [0.717, 1.165) is 41.6 Å². The molecule has 1 aliphatic heterocycles. The molecule has 0 fully saturated rings. The Morgan fingerprint density at radius 1 is 0.939 bits per heavy atom. The predicted octanol–water partition coefficient (Wildman–Crippen LogP) is 5.60. The molecule has 4 rings (SSSR count). The molecule has 0 aliphatic carbocycles. The first-order valence-electron chi connectivity index (χ1n) is 17.1. The molecule has 7 N–H and O–H groups in total. The first-order chi connectivity index (χ1) is 23.7. The summed E-state index contributed by atoms with van der Waals surface area (Å²) in [7, 11) is 1.96. The lowest BCUT2D eigenvalue weighted by Crippen LogP contribution is -2.20. The van der Waals surface area contributed by atoms with E-state index in [-0.39, 0.29) is 36.1 Å². The number of rotatable bonds is 20. The largest absolute Gasteiger partial charge is 0.875 e. The maximum absolute atomic E-state index is 13.2. The third-order valence-corrected chi connectivity index (χ3v) is 8.64. The van der Waals surface area contributed by atoms with Crippen LogP contribution in [0.15, 0.2) is 101 Å². The van der Waals surface area contributed by atoms with Crippen molar-refractivity contribution in [3.63, 3.8) is 0 Å². The Labute approximate surface area is 289 Å². The summed E-state index contributed by atoms with van der Waals surface area (Å²) in [4.78, 5) is 16.4. The molecular weight excluding hydrogens is 616 g/mol. The molecule has 9 heteroatoms. The molecule has 0 aromatic heterocycles. The zero-order valence-corrected chi connectivity index (χ0v) is 28.3. The number of aromatic hydroxyl groups is 2. The summed E-state index contributed by atoms with van der Waals surface area (Å²) in [5.41, 5.74) is 16.2. The molecule has 0 saturated heterocycles. The smallest absolute Gasteiger partial charge is 0.161 e. The summed E-state index contributed by atoms with van der Waals surface area (Å²) in [5.74, 6) is 0.0180. The van der Waals surface area contributed by atoms with Crippen molar-refractivity contribution >= 4 is 12.0 Å². The molecule has 3 aromatic carbocycles. The number of benzene rings is 3. The van der Waals surface area contributed by atoms with Crippen LogP contribution in [0.2, 0.25) is 0 Å². The lowest BCUT2D eigenvalue weighted by atomic mass is 9.85. The Morgan fingerprint density at radius 2 is 1.65 bits per heavy atom. The molecule has 0 spiro atoms. The summed E-state index contributed by atoms with van der Waals surface area (Å²) < 4.78 is 5.98. The molecule has 0 saturated carbocycles. The first-order valence-corrected chi connectivity index (χ1v) is 17.1. The van der Waals surface area contributed by atoms with Crippen LogP contribution < -0.4 is 26.6 Å². The van der Waals surface area contributed by atoms with Crippen LogP contribution in [0.4, 0.5) is 0 Å². The van der Waals surface area contributed by atoms with Gasteiger partial charge in [-0.15, -0.1) is 5.76 Å². The van der Waals surface area contributed by atoms with E-state index >= 15 is 0 Å². The van der Waals surface area contributed by atoms with Gasteiger partial charge >= 0.3 is 0 Å². The highest BCUT2D eigenvalue weighted by Crippen LogP contribution is 2.37. The van der Waals surface area contributed by atoms with Gasteiger partial charge < -0.3 is 36.8 Å². The summed E-state index contributed by atoms with van der Waals surface area (Å²) in [6.45, 7) is 1.31. The summed E-state index contributed by atoms with van der Waals surface area (Å²) >= 11 is 0. The minimum atomic E-state index is -0.621. The monoisotopic (exact) mass is 665 g/mol. The van der Waals surface area contributed by atoms with Gasteiger partial charge in [0.05, 0.1) is 12.8 Å². The Morgan fingerprint density at radius 3 is 2.37 bits per heavy atom. The van der Waals surface area contributed by atoms with E-state index in [0.29, 0.717) is 36.1 Å². The first kappa shape index (κ1) is 37.1. The van der Waals surface area contributed by atoms with Gasteiger partial charge in [-0.1, -0.05) is 61.4 Å². The van der Waals surface area contributed by atoms with Gasteiger partial charge in [0.15, 0.2) is 17.3 Å². The van der Waals surface area contributed by atoms with Crippen LogP contribution >= 0.6 is 0 Å². The average Bonchev–Trinajstić information content (AvgIpc) is 3.65. The molecular formula is C40H49N4O5-. The molecule has 0 bridgehead atoms. The van der Waals surface area contributed by atoms with E-state index in [1.807, 2.05) is 49.5 Å². The van der Waals surface area contributed by atoms with E-state index in [9.17, 15) is 20.1 Å². The molecule has 1 aliphatic rings. The Kier molecular flexibility index (Phi) is 14.6. The second-order valence-corrected chi connectivity index (χ2v) is 12.4. The number of hydrogen-bond acceptors (Lipinski definition) is 9. The lowest BCUT2D eigenvalue weighted by molar-refractivity contribution is -0.307. The number of nitrogens with zero attached hydrogens (tertiary/aromatic N) is 1. The fourth-order valence-electron chi connectivity index (χ4n) is 5.75. The number of aliphatic imine (C=N–C) groups is 1. The molecule has 0 amide bonds. The van der Waals surface area contributed by atoms with E-state index in [1.54, 1.807) is 48.8 Å². The number of carbonyl (C=O) groups is 1. The van der Waals surface area contributed by atoms with E-state index in [1.165, 1.54) is 19.3 Å². The highest BCUT2D eigenvalue weighted by molar-refractivity contribution is 5.89. The molecule has 9 nitrogen and oxygen atoms in total. The number of carbonyl (C=O) groups excluding carboxylic acids is 1. The van der Waals surface area contributed by atoms with Gasteiger partial charge in [0.1, 0.15) is 5.75 Å². The van der Waals surface area contributed by atoms with Crippen molar-refractivity contribution < 1.29 is 24.9 Å². The van der Waals surface area contributed by atoms with Gasteiger partial charge in [0.2, 0.25) is 0 Å². The van der Waals surface area contributed by atoms with Crippen molar-refractivity contribution in [2.75, 3.05) is 20.2 Å². The van der Waals surface area contributed by atoms with Crippen molar-refractivity contribution in [1.82, 2.24) is 5.32 Å². The van der Waals surface area contributed by atoms with Crippen LogP contribution in [-0.2, 0) is 17.6 Å². The van der Waals surface area contributed by atoms with Gasteiger partial charge in [0.25, 0.3) is 0 Å². The molecule has 1 atom stereocenters. The van der Waals surface area contributed by atoms with E-state index in [4.69, 9.17) is 16.2 Å². The molecule has 49 heavy (non-hydrogen) atoms. The van der Waals surface area contributed by atoms with Crippen molar-refractivity contribution in [2.24, 2.45) is 16.5 Å². The van der Waals surface area contributed by atoms with Crippen LogP contribution in [0.5, 0.6) is 17.2 Å². The molecule has 3 aromatic rings. The van der Waals surface area contributed by atoms with Gasteiger partial charge in [-0.2, -0.15) is 0 Å². The Balaban J connectivity index is 1.37. The highest BCUT2D eigenvalue weighted by Gasteiger charge is 2.20. The van der Waals surface area contributed by atoms with Gasteiger partial charge in [-0.25, -0.2) is 0 Å². The van der Waals surface area contributed by atoms with Crippen LogP contribution in [0.25, 0.3) is 0 Å². The zero-order valence-electron chi connectivity index (χ0n) is 28.3. The van der Waals surface area contributed by atoms with Gasteiger partial charge in [-0.05, 0) is 104 Å². The predicted molar refractivity (Wildman–Crippen MR) is 194 cm³/mol. The van der Waals surface area contributed by atoms with Crippen LogP contribution in [0.1, 0.15) is 84.8 Å². The normalized spacial score (nSPS) is 14.2. The standard InChI is InChI=1S/C40H50N4O5/c1-43-21-7-5-3-2-4-6-8-33(45)16-9-28-11-18-37(47)39(25-28)49-23-20-29-10-17-36(46)35(24-29)34(26-38(48)32-19-22-44-27-32)30-12-14-31(15-13-30)40(41)42/h6,8,10-15,17-19,22,24-25,27,34,40,43,46-48H,2-5,7,9,16,20-21,23,26,41-42H2,1H3/p-1. The van der Waals surface area contributed by atoms with Crippen molar-refractivity contribution in [2.45, 2.75) is 69.9 Å². The van der Waals surface area contributed by atoms with E-state index in [2.05, 4.69) is 10.3 Å². The van der Waals surface area contributed by atoms with Gasteiger partial charge in [0, 0.05) is 36.7 Å². The number of phenolic OH excluding ortho intramolecular Hbond substituents is 2. The maximum Gasteiger partial charge on any atom is 0.161 e. The highest BCUT2D eigenvalue weighted by atomic mass is 16.5. The number of unbranched alkanes of at least 4 members (excludes halogenated alkanes) is 4. The van der Waals surface area contributed by atoms with Crippen LogP contribution in [0.3, 0.4) is 0 Å². The fourth-order valence-corrected chi connectivity index (χ4v) is 5.75. The number of nitrogens with two attached hydrogens (primary N) is 2. The Hall–Kier alpha value is -4.70. The fraction of sp³-hybridized carbons (Fsp3) is 0.350. The molecule has 0 radical (unpaired) electrons. The second-order valence-electron chi connectivity index (χ2n) is 12.4. The summed E-state index contributed by atoms with van der Waals surface area (Å²) in [6.07, 6.45) is 14.9. The number of ether oxygens (including phenoxy) is 1. The number of allylic oxidation sites excluding steroid dienone is 5. The number of hydrogen-bond donors (Lipinski definition) is 5. The van der Waals surface area contributed by atoms with Crippen LogP contribution in [-0.4, -0.2) is 42.4 Å². The molecule has 260 valence electrons. The van der Waals surface area contributed by atoms with Crippen LogP contribution in [0, 0.1) is 0 Å². The number of phenols is 2. The molecule has 1 unspecified atom stereocenters. The van der Waals surface area contributed by atoms with Crippen molar-refractivity contribution in [3.8, 4) is 17.2 Å². The summed E-state index contributed by atoms with van der Waals surface area (Å²) in [5, 5.41) is 37.8. The second kappa shape index (κ2) is 19.3. The average molecular weight is 666 g/mol.